The van der Waals surface area contributed by atoms with E-state index in [1.165, 1.54) is 10.5 Å². The van der Waals surface area contributed by atoms with Gasteiger partial charge in [-0.15, -0.1) is 0 Å². The summed E-state index contributed by atoms with van der Waals surface area (Å²) in [4.78, 5) is 35.5. The zero-order valence-electron chi connectivity index (χ0n) is 20.9. The van der Waals surface area contributed by atoms with Crippen LogP contribution >= 0.6 is 0 Å². The van der Waals surface area contributed by atoms with Crippen molar-refractivity contribution < 1.29 is 9.53 Å². The third kappa shape index (κ3) is 5.48. The van der Waals surface area contributed by atoms with Crippen molar-refractivity contribution in [3.63, 3.8) is 0 Å². The standard InChI is InChI=1S/C30H27N5O3/c31-20-25(29(36)33-15-17-38-18-16-33)19-26-28(32-27-13-7-8-14-35(27)30(26)37)34(21-23-9-3-1-4-10-23)22-24-11-5-2-6-12-24/h1-14,19H,15-18,21-22H2. The largest absolute Gasteiger partial charge is 0.378 e. The maximum absolute atomic E-state index is 13.8. The van der Waals surface area contributed by atoms with Crippen LogP contribution in [0.1, 0.15) is 16.7 Å². The number of amides is 1. The molecule has 3 heterocycles. The predicted octanol–water partition coefficient (Wildman–Crippen LogP) is 3.67. The smallest absolute Gasteiger partial charge is 0.267 e. The Morgan fingerprint density at radius 1 is 0.947 bits per heavy atom. The molecular weight excluding hydrogens is 478 g/mol. The molecule has 1 aliphatic heterocycles. The van der Waals surface area contributed by atoms with E-state index >= 15 is 0 Å². The highest BCUT2D eigenvalue weighted by molar-refractivity contribution is 6.02. The summed E-state index contributed by atoms with van der Waals surface area (Å²) in [5.41, 5.74) is 2.30. The number of benzene rings is 2. The van der Waals surface area contributed by atoms with Gasteiger partial charge in [0.2, 0.25) is 0 Å². The van der Waals surface area contributed by atoms with Crippen LogP contribution in [0, 0.1) is 11.3 Å². The van der Waals surface area contributed by atoms with Crippen molar-refractivity contribution in [2.45, 2.75) is 13.1 Å². The first-order chi connectivity index (χ1) is 18.6. The van der Waals surface area contributed by atoms with Crippen molar-refractivity contribution in [2.24, 2.45) is 0 Å². The Morgan fingerprint density at radius 3 is 2.16 bits per heavy atom. The van der Waals surface area contributed by atoms with Crippen LogP contribution in [0.4, 0.5) is 5.82 Å². The van der Waals surface area contributed by atoms with Gasteiger partial charge in [-0.1, -0.05) is 66.7 Å². The van der Waals surface area contributed by atoms with Crippen LogP contribution in [-0.4, -0.2) is 46.5 Å². The van der Waals surface area contributed by atoms with E-state index in [1.807, 2.05) is 77.7 Å². The van der Waals surface area contributed by atoms with E-state index in [0.29, 0.717) is 50.9 Å². The quantitative estimate of drug-likeness (QED) is 0.281. The van der Waals surface area contributed by atoms with E-state index in [0.717, 1.165) is 11.1 Å². The van der Waals surface area contributed by atoms with E-state index in [-0.39, 0.29) is 16.7 Å². The Balaban J connectivity index is 1.67. The average Bonchev–Trinajstić information content (AvgIpc) is 2.97. The number of anilines is 1. The Hall–Kier alpha value is -4.74. The van der Waals surface area contributed by atoms with Crippen molar-refractivity contribution in [3.05, 3.63) is 118 Å². The van der Waals surface area contributed by atoms with E-state index in [4.69, 9.17) is 9.72 Å². The van der Waals surface area contributed by atoms with E-state index < -0.39 is 5.91 Å². The van der Waals surface area contributed by atoms with Crippen LogP contribution in [0.15, 0.2) is 95.4 Å². The molecule has 1 saturated heterocycles. The van der Waals surface area contributed by atoms with Gasteiger partial charge in [-0.25, -0.2) is 4.98 Å². The first kappa shape index (κ1) is 24.9. The molecule has 2 aromatic carbocycles. The molecule has 0 N–H and O–H groups in total. The van der Waals surface area contributed by atoms with Crippen molar-refractivity contribution in [1.29, 1.82) is 5.26 Å². The van der Waals surface area contributed by atoms with Gasteiger partial charge in [0.15, 0.2) is 0 Å². The Labute approximate surface area is 220 Å². The van der Waals surface area contributed by atoms with Crippen molar-refractivity contribution >= 4 is 23.4 Å². The number of hydrogen-bond donors (Lipinski definition) is 0. The summed E-state index contributed by atoms with van der Waals surface area (Å²) in [6.45, 7) is 2.58. The SMILES string of the molecule is N#CC(=Cc1c(N(Cc2ccccc2)Cc2ccccc2)nc2ccccn2c1=O)C(=O)N1CCOCC1. The lowest BCUT2D eigenvalue weighted by molar-refractivity contribution is -0.130. The number of carbonyl (C=O) groups excluding carboxylic acids is 1. The molecule has 1 amide bonds. The predicted molar refractivity (Wildman–Crippen MR) is 145 cm³/mol. The third-order valence-corrected chi connectivity index (χ3v) is 6.42. The molecule has 0 atom stereocenters. The molecule has 2 aromatic heterocycles. The van der Waals surface area contributed by atoms with E-state index in [9.17, 15) is 14.9 Å². The molecule has 0 aliphatic carbocycles. The minimum atomic E-state index is -0.419. The number of carbonyl (C=O) groups is 1. The number of ether oxygens (including phenoxy) is 1. The number of aromatic nitrogens is 2. The first-order valence-corrected chi connectivity index (χ1v) is 12.5. The van der Waals surface area contributed by atoms with Gasteiger partial charge >= 0.3 is 0 Å². The van der Waals surface area contributed by atoms with Gasteiger partial charge in [-0.2, -0.15) is 5.26 Å². The fraction of sp³-hybridized carbons (Fsp3) is 0.200. The van der Waals surface area contributed by atoms with Gasteiger partial charge < -0.3 is 14.5 Å². The van der Waals surface area contributed by atoms with Crippen molar-refractivity contribution in [1.82, 2.24) is 14.3 Å². The molecule has 8 nitrogen and oxygen atoms in total. The highest BCUT2D eigenvalue weighted by Gasteiger charge is 2.24. The number of pyridine rings is 1. The van der Waals surface area contributed by atoms with Gasteiger partial charge in [0.1, 0.15) is 23.1 Å². The topological polar surface area (TPSA) is 90.9 Å². The van der Waals surface area contributed by atoms with Gasteiger partial charge in [-0.3, -0.25) is 14.0 Å². The molecule has 0 unspecified atom stereocenters. The molecular formula is C30H27N5O3. The summed E-state index contributed by atoms with van der Waals surface area (Å²) in [5, 5.41) is 9.95. The van der Waals surface area contributed by atoms with Gasteiger partial charge in [0.25, 0.3) is 11.5 Å². The average molecular weight is 506 g/mol. The first-order valence-electron chi connectivity index (χ1n) is 12.5. The second kappa shape index (κ2) is 11.5. The molecule has 0 radical (unpaired) electrons. The zero-order chi connectivity index (χ0) is 26.3. The Bertz CT molecular complexity index is 1510. The lowest BCUT2D eigenvalue weighted by Gasteiger charge is -2.27. The lowest BCUT2D eigenvalue weighted by Crippen LogP contribution is -2.41. The maximum atomic E-state index is 13.8. The van der Waals surface area contributed by atoms with Gasteiger partial charge in [0.05, 0.1) is 18.8 Å². The zero-order valence-corrected chi connectivity index (χ0v) is 20.9. The second-order valence-corrected chi connectivity index (χ2v) is 8.98. The van der Waals surface area contributed by atoms with E-state index in [2.05, 4.69) is 0 Å². The van der Waals surface area contributed by atoms with Gasteiger partial charge in [-0.05, 0) is 29.3 Å². The molecule has 0 bridgehead atoms. The van der Waals surface area contributed by atoms with Crippen LogP contribution in [0.5, 0.6) is 0 Å². The third-order valence-electron chi connectivity index (χ3n) is 6.42. The van der Waals surface area contributed by atoms with Crippen molar-refractivity contribution in [2.75, 3.05) is 31.2 Å². The van der Waals surface area contributed by atoms with Crippen LogP contribution in [0.2, 0.25) is 0 Å². The lowest BCUT2D eigenvalue weighted by atomic mass is 10.1. The number of morpholine rings is 1. The minimum Gasteiger partial charge on any atom is -0.378 e. The fourth-order valence-corrected chi connectivity index (χ4v) is 4.49. The summed E-state index contributed by atoms with van der Waals surface area (Å²) in [6.07, 6.45) is 3.03. The number of fused-ring (bicyclic) bond motifs is 1. The fourth-order valence-electron chi connectivity index (χ4n) is 4.49. The summed E-state index contributed by atoms with van der Waals surface area (Å²) < 4.78 is 6.78. The Morgan fingerprint density at radius 2 is 1.55 bits per heavy atom. The molecule has 1 aliphatic rings. The number of nitriles is 1. The molecule has 1 fully saturated rings. The number of hydrogen-bond acceptors (Lipinski definition) is 6. The molecule has 0 spiro atoms. The Kier molecular flexibility index (Phi) is 7.57. The van der Waals surface area contributed by atoms with Crippen molar-refractivity contribution in [3.8, 4) is 6.07 Å². The maximum Gasteiger partial charge on any atom is 0.267 e. The number of nitrogens with zero attached hydrogens (tertiary/aromatic N) is 5. The summed E-state index contributed by atoms with van der Waals surface area (Å²) in [7, 11) is 0. The van der Waals surface area contributed by atoms with Crippen LogP contribution in [0.25, 0.3) is 11.7 Å². The summed E-state index contributed by atoms with van der Waals surface area (Å²) in [6, 6.07) is 27.2. The molecule has 8 heteroatoms. The monoisotopic (exact) mass is 505 g/mol. The van der Waals surface area contributed by atoms with Gasteiger partial charge in [0, 0.05) is 32.4 Å². The molecule has 0 saturated carbocycles. The minimum absolute atomic E-state index is 0.109. The van der Waals surface area contributed by atoms with Crippen LogP contribution in [0.3, 0.4) is 0 Å². The normalized spacial score (nSPS) is 13.8. The van der Waals surface area contributed by atoms with Crippen LogP contribution in [-0.2, 0) is 22.6 Å². The number of rotatable bonds is 7. The van der Waals surface area contributed by atoms with Crippen LogP contribution < -0.4 is 10.5 Å². The molecule has 38 heavy (non-hydrogen) atoms. The molecule has 5 rings (SSSR count). The summed E-state index contributed by atoms with van der Waals surface area (Å²) in [5.74, 6) is -0.00610. The molecule has 190 valence electrons. The second-order valence-electron chi connectivity index (χ2n) is 8.98. The summed E-state index contributed by atoms with van der Waals surface area (Å²) >= 11 is 0. The molecule has 4 aromatic rings. The highest BCUT2D eigenvalue weighted by Crippen LogP contribution is 2.24. The highest BCUT2D eigenvalue weighted by atomic mass is 16.5. The van der Waals surface area contributed by atoms with E-state index in [1.54, 1.807) is 23.2 Å².